The van der Waals surface area contributed by atoms with Crippen molar-refractivity contribution >= 4 is 5.95 Å². The number of hydrogen-bond donors (Lipinski definition) is 1. The third-order valence-electron chi connectivity index (χ3n) is 3.94. The first kappa shape index (κ1) is 12.5. The highest BCUT2D eigenvalue weighted by molar-refractivity contribution is 5.27. The second-order valence-electron chi connectivity index (χ2n) is 5.21. The van der Waals surface area contributed by atoms with E-state index in [-0.39, 0.29) is 0 Å². The fraction of sp³-hybridized carbons (Fsp3) is 0.786. The predicted molar refractivity (Wildman–Crippen MR) is 72.2 cm³/mol. The van der Waals surface area contributed by atoms with Crippen LogP contribution in [0.3, 0.4) is 0 Å². The van der Waals surface area contributed by atoms with Crippen LogP contribution in [-0.4, -0.2) is 15.6 Å². The molecule has 1 N–H and O–H groups in total. The lowest BCUT2D eigenvalue weighted by molar-refractivity contribution is 0.329. The van der Waals surface area contributed by atoms with Gasteiger partial charge < -0.3 is 9.88 Å². The van der Waals surface area contributed by atoms with Crippen LogP contribution in [0.25, 0.3) is 0 Å². The minimum Gasteiger partial charge on any atom is -0.353 e. The lowest BCUT2D eigenvalue weighted by atomic mass is 9.85. The summed E-state index contributed by atoms with van der Waals surface area (Å²) in [5.74, 6) is 2.02. The van der Waals surface area contributed by atoms with Gasteiger partial charge in [-0.2, -0.15) is 0 Å². The number of nitrogens with one attached hydrogen (secondary N) is 1. The van der Waals surface area contributed by atoms with Crippen LogP contribution in [0.15, 0.2) is 12.4 Å². The first-order chi connectivity index (χ1) is 8.33. The molecule has 0 unspecified atom stereocenters. The highest BCUT2D eigenvalue weighted by Gasteiger charge is 2.20. The average molecular weight is 235 g/mol. The van der Waals surface area contributed by atoms with Crippen LogP contribution in [0.5, 0.6) is 0 Å². The monoisotopic (exact) mass is 235 g/mol. The standard InChI is InChI=1S/C14H25N3/c1-3-10-17-11-9-15-14(17)16-13-7-5-12(4-2)6-8-13/h9,11-13H,3-8,10H2,1-2H3,(H,15,16). The Labute approximate surface area is 105 Å². The van der Waals surface area contributed by atoms with Gasteiger partial charge in [0.15, 0.2) is 0 Å². The van der Waals surface area contributed by atoms with Gasteiger partial charge in [0.1, 0.15) is 0 Å². The van der Waals surface area contributed by atoms with Crippen LogP contribution in [0.4, 0.5) is 5.95 Å². The Kier molecular flexibility index (Phi) is 4.46. The van der Waals surface area contributed by atoms with Crippen LogP contribution in [-0.2, 0) is 6.54 Å². The smallest absolute Gasteiger partial charge is 0.202 e. The molecule has 0 radical (unpaired) electrons. The molecule has 3 heteroatoms. The Bertz CT molecular complexity index is 324. The van der Waals surface area contributed by atoms with Gasteiger partial charge in [-0.3, -0.25) is 0 Å². The minimum atomic E-state index is 0.635. The molecule has 0 spiro atoms. The normalized spacial score (nSPS) is 24.8. The van der Waals surface area contributed by atoms with Gasteiger partial charge >= 0.3 is 0 Å². The van der Waals surface area contributed by atoms with E-state index >= 15 is 0 Å². The summed E-state index contributed by atoms with van der Waals surface area (Å²) in [4.78, 5) is 4.42. The first-order valence-electron chi connectivity index (χ1n) is 7.11. The third-order valence-corrected chi connectivity index (χ3v) is 3.94. The second kappa shape index (κ2) is 6.08. The molecule has 1 aromatic rings. The summed E-state index contributed by atoms with van der Waals surface area (Å²) >= 11 is 0. The van der Waals surface area contributed by atoms with E-state index in [1.165, 1.54) is 32.1 Å². The molecule has 1 aliphatic carbocycles. The summed E-state index contributed by atoms with van der Waals surface area (Å²) in [7, 11) is 0. The van der Waals surface area contributed by atoms with Crippen molar-refractivity contribution in [1.82, 2.24) is 9.55 Å². The van der Waals surface area contributed by atoms with Gasteiger partial charge in [0, 0.05) is 25.0 Å². The van der Waals surface area contributed by atoms with Crippen LogP contribution in [0, 0.1) is 5.92 Å². The molecule has 0 atom stereocenters. The number of rotatable bonds is 5. The van der Waals surface area contributed by atoms with Crippen LogP contribution >= 0.6 is 0 Å². The van der Waals surface area contributed by atoms with Crippen molar-refractivity contribution in [3.63, 3.8) is 0 Å². The van der Waals surface area contributed by atoms with E-state index in [1.807, 2.05) is 6.20 Å². The Morgan fingerprint density at radius 1 is 1.29 bits per heavy atom. The lowest BCUT2D eigenvalue weighted by Crippen LogP contribution is -2.27. The van der Waals surface area contributed by atoms with Crippen molar-refractivity contribution in [3.05, 3.63) is 12.4 Å². The fourth-order valence-electron chi connectivity index (χ4n) is 2.77. The molecule has 0 bridgehead atoms. The molecular formula is C14H25N3. The topological polar surface area (TPSA) is 29.9 Å². The van der Waals surface area contributed by atoms with Crippen molar-refractivity contribution in [1.29, 1.82) is 0 Å². The number of imidazole rings is 1. The molecule has 1 saturated carbocycles. The molecule has 96 valence electrons. The van der Waals surface area contributed by atoms with Crippen molar-refractivity contribution in [2.45, 2.75) is 65.0 Å². The number of hydrogen-bond acceptors (Lipinski definition) is 2. The summed E-state index contributed by atoms with van der Waals surface area (Å²) in [6.07, 6.45) is 11.8. The van der Waals surface area contributed by atoms with Gasteiger partial charge in [-0.25, -0.2) is 4.98 Å². The molecule has 0 aliphatic heterocycles. The SMILES string of the molecule is CCCn1ccnc1NC1CCC(CC)CC1. The highest BCUT2D eigenvalue weighted by Crippen LogP contribution is 2.28. The van der Waals surface area contributed by atoms with E-state index in [9.17, 15) is 0 Å². The van der Waals surface area contributed by atoms with Crippen molar-refractivity contribution in [2.24, 2.45) is 5.92 Å². The Morgan fingerprint density at radius 2 is 2.06 bits per heavy atom. The third kappa shape index (κ3) is 3.24. The van der Waals surface area contributed by atoms with E-state index in [4.69, 9.17) is 0 Å². The zero-order valence-electron chi connectivity index (χ0n) is 11.2. The minimum absolute atomic E-state index is 0.635. The van der Waals surface area contributed by atoms with E-state index in [0.29, 0.717) is 6.04 Å². The van der Waals surface area contributed by atoms with Crippen molar-refractivity contribution in [2.75, 3.05) is 5.32 Å². The predicted octanol–water partition coefficient (Wildman–Crippen LogP) is 3.67. The highest BCUT2D eigenvalue weighted by atomic mass is 15.2. The molecule has 2 rings (SSSR count). The Morgan fingerprint density at radius 3 is 2.71 bits per heavy atom. The molecule has 0 saturated heterocycles. The van der Waals surface area contributed by atoms with Gasteiger partial charge in [-0.05, 0) is 38.0 Å². The summed E-state index contributed by atoms with van der Waals surface area (Å²) < 4.78 is 2.23. The summed E-state index contributed by atoms with van der Waals surface area (Å²) in [5, 5.41) is 3.61. The molecule has 17 heavy (non-hydrogen) atoms. The maximum atomic E-state index is 4.42. The maximum absolute atomic E-state index is 4.42. The number of aryl methyl sites for hydroxylation is 1. The quantitative estimate of drug-likeness (QED) is 0.844. The van der Waals surface area contributed by atoms with E-state index in [0.717, 1.165) is 24.8 Å². The molecule has 0 amide bonds. The molecule has 3 nitrogen and oxygen atoms in total. The van der Waals surface area contributed by atoms with Crippen LogP contribution in [0.1, 0.15) is 52.4 Å². The lowest BCUT2D eigenvalue weighted by Gasteiger charge is -2.28. The zero-order chi connectivity index (χ0) is 12.1. The second-order valence-corrected chi connectivity index (χ2v) is 5.21. The van der Waals surface area contributed by atoms with Gasteiger partial charge in [-0.1, -0.05) is 20.3 Å². The number of nitrogens with zero attached hydrogens (tertiary/aromatic N) is 2. The van der Waals surface area contributed by atoms with Gasteiger partial charge in [0.05, 0.1) is 0 Å². The Balaban J connectivity index is 1.86. The number of aromatic nitrogens is 2. The molecular weight excluding hydrogens is 210 g/mol. The molecule has 0 aromatic carbocycles. The van der Waals surface area contributed by atoms with E-state index in [2.05, 4.69) is 34.9 Å². The average Bonchev–Trinajstić information content (AvgIpc) is 2.78. The van der Waals surface area contributed by atoms with Gasteiger partial charge in [0.2, 0.25) is 5.95 Å². The Hall–Kier alpha value is -0.990. The van der Waals surface area contributed by atoms with Crippen molar-refractivity contribution in [3.8, 4) is 0 Å². The fourth-order valence-corrected chi connectivity index (χ4v) is 2.77. The summed E-state index contributed by atoms with van der Waals surface area (Å²) in [5.41, 5.74) is 0. The summed E-state index contributed by atoms with van der Waals surface area (Å²) in [6, 6.07) is 0.635. The largest absolute Gasteiger partial charge is 0.353 e. The molecule has 1 aromatic heterocycles. The van der Waals surface area contributed by atoms with E-state index < -0.39 is 0 Å². The molecule has 1 heterocycles. The van der Waals surface area contributed by atoms with Gasteiger partial charge in [0.25, 0.3) is 0 Å². The van der Waals surface area contributed by atoms with Crippen LogP contribution in [0.2, 0.25) is 0 Å². The molecule has 1 fully saturated rings. The summed E-state index contributed by atoms with van der Waals surface area (Å²) in [6.45, 7) is 5.58. The van der Waals surface area contributed by atoms with Gasteiger partial charge in [-0.15, -0.1) is 0 Å². The maximum Gasteiger partial charge on any atom is 0.202 e. The van der Waals surface area contributed by atoms with Crippen LogP contribution < -0.4 is 5.32 Å². The number of anilines is 1. The zero-order valence-corrected chi connectivity index (χ0v) is 11.2. The van der Waals surface area contributed by atoms with E-state index in [1.54, 1.807) is 0 Å². The molecule has 1 aliphatic rings. The van der Waals surface area contributed by atoms with Crippen molar-refractivity contribution < 1.29 is 0 Å². The first-order valence-corrected chi connectivity index (χ1v) is 7.11.